The number of nitrogens with one attached hydrogen (secondary N) is 1. The molecule has 1 N–H and O–H groups in total. The Morgan fingerprint density at radius 3 is 2.71 bits per heavy atom. The number of ether oxygens (including phenoxy) is 1. The standard InChI is InChI=1S/C14H19N3O3S/c1-10-13(14(20-3)17(2)16-10)9-15-11-6-5-7-12(8-11)21(4,18)19/h5-8,15H,9H2,1-4H3. The Bertz CT molecular complexity index is 751. The predicted molar refractivity (Wildman–Crippen MR) is 81.4 cm³/mol. The minimum Gasteiger partial charge on any atom is -0.481 e. The summed E-state index contributed by atoms with van der Waals surface area (Å²) in [6, 6.07) is 6.74. The maximum Gasteiger partial charge on any atom is 0.216 e. The molecule has 6 nitrogen and oxygen atoms in total. The summed E-state index contributed by atoms with van der Waals surface area (Å²) in [5, 5.41) is 7.51. The van der Waals surface area contributed by atoms with E-state index in [-0.39, 0.29) is 0 Å². The van der Waals surface area contributed by atoms with Crippen LogP contribution in [0.25, 0.3) is 0 Å². The molecule has 2 rings (SSSR count). The van der Waals surface area contributed by atoms with Crippen LogP contribution in [0.5, 0.6) is 5.88 Å². The fourth-order valence-electron chi connectivity index (χ4n) is 2.17. The van der Waals surface area contributed by atoms with Crippen LogP contribution in [0.2, 0.25) is 0 Å². The number of anilines is 1. The largest absolute Gasteiger partial charge is 0.481 e. The van der Waals surface area contributed by atoms with Crippen LogP contribution in [0.4, 0.5) is 5.69 Å². The topological polar surface area (TPSA) is 73.2 Å². The van der Waals surface area contributed by atoms with Crippen LogP contribution in [0.1, 0.15) is 11.3 Å². The number of nitrogens with zero attached hydrogens (tertiary/aromatic N) is 2. The first-order valence-electron chi connectivity index (χ1n) is 6.43. The molecule has 7 heteroatoms. The van der Waals surface area contributed by atoms with E-state index in [0.717, 1.165) is 16.9 Å². The Morgan fingerprint density at radius 1 is 1.38 bits per heavy atom. The van der Waals surface area contributed by atoms with E-state index in [9.17, 15) is 8.42 Å². The lowest BCUT2D eigenvalue weighted by atomic mass is 10.2. The molecule has 0 saturated carbocycles. The van der Waals surface area contributed by atoms with Gasteiger partial charge in [0.05, 0.1) is 23.3 Å². The summed E-state index contributed by atoms with van der Waals surface area (Å²) in [6.07, 6.45) is 1.19. The van der Waals surface area contributed by atoms with Crippen molar-refractivity contribution < 1.29 is 13.2 Å². The minimum absolute atomic E-state index is 0.294. The third kappa shape index (κ3) is 3.36. The van der Waals surface area contributed by atoms with Gasteiger partial charge in [-0.15, -0.1) is 0 Å². The molecule has 0 amide bonds. The number of methoxy groups -OCH3 is 1. The van der Waals surface area contributed by atoms with Crippen LogP contribution >= 0.6 is 0 Å². The summed E-state index contributed by atoms with van der Waals surface area (Å²) >= 11 is 0. The second-order valence-corrected chi connectivity index (χ2v) is 6.87. The first-order valence-corrected chi connectivity index (χ1v) is 8.32. The van der Waals surface area contributed by atoms with Crippen LogP contribution < -0.4 is 10.1 Å². The van der Waals surface area contributed by atoms with Gasteiger partial charge in [0.2, 0.25) is 5.88 Å². The summed E-state index contributed by atoms with van der Waals surface area (Å²) in [5.74, 6) is 0.694. The highest BCUT2D eigenvalue weighted by Gasteiger charge is 2.14. The summed E-state index contributed by atoms with van der Waals surface area (Å²) in [6.45, 7) is 2.42. The minimum atomic E-state index is -3.21. The Hall–Kier alpha value is -2.02. The van der Waals surface area contributed by atoms with Gasteiger partial charge in [-0.1, -0.05) is 6.07 Å². The SMILES string of the molecule is COc1c(CNc2cccc(S(C)(=O)=O)c2)c(C)nn1C. The van der Waals surface area contributed by atoms with Crippen molar-refractivity contribution in [2.45, 2.75) is 18.4 Å². The summed E-state index contributed by atoms with van der Waals surface area (Å²) in [4.78, 5) is 0.294. The van der Waals surface area contributed by atoms with E-state index in [1.165, 1.54) is 6.26 Å². The van der Waals surface area contributed by atoms with Gasteiger partial charge in [0.1, 0.15) is 0 Å². The molecule has 1 heterocycles. The van der Waals surface area contributed by atoms with E-state index in [2.05, 4.69) is 10.4 Å². The zero-order chi connectivity index (χ0) is 15.6. The summed E-state index contributed by atoms with van der Waals surface area (Å²) < 4.78 is 30.1. The van der Waals surface area contributed by atoms with E-state index < -0.39 is 9.84 Å². The molecule has 0 aliphatic heterocycles. The Labute approximate surface area is 124 Å². The van der Waals surface area contributed by atoms with Crippen molar-refractivity contribution in [3.05, 3.63) is 35.5 Å². The lowest BCUT2D eigenvalue weighted by Crippen LogP contribution is -2.04. The van der Waals surface area contributed by atoms with Crippen molar-refractivity contribution in [3.8, 4) is 5.88 Å². The van der Waals surface area contributed by atoms with Crippen molar-refractivity contribution in [1.29, 1.82) is 0 Å². The van der Waals surface area contributed by atoms with Gasteiger partial charge in [0.15, 0.2) is 9.84 Å². The Balaban J connectivity index is 2.21. The average molecular weight is 309 g/mol. The first kappa shape index (κ1) is 15.4. The first-order chi connectivity index (χ1) is 9.82. The maximum atomic E-state index is 11.6. The molecule has 0 fully saturated rings. The number of aryl methyl sites for hydroxylation is 2. The number of sulfone groups is 1. The van der Waals surface area contributed by atoms with Crippen molar-refractivity contribution in [2.24, 2.45) is 7.05 Å². The van der Waals surface area contributed by atoms with E-state index in [1.54, 1.807) is 30.0 Å². The van der Waals surface area contributed by atoms with Crippen LogP contribution in [0.3, 0.4) is 0 Å². The van der Waals surface area contributed by atoms with Gasteiger partial charge in [-0.3, -0.25) is 0 Å². The highest BCUT2D eigenvalue weighted by Crippen LogP contribution is 2.23. The fraction of sp³-hybridized carbons (Fsp3) is 0.357. The van der Waals surface area contributed by atoms with Gasteiger partial charge < -0.3 is 10.1 Å². The van der Waals surface area contributed by atoms with Crippen LogP contribution in [-0.2, 0) is 23.4 Å². The molecule has 0 spiro atoms. The number of hydrogen-bond acceptors (Lipinski definition) is 5. The lowest BCUT2D eigenvalue weighted by Gasteiger charge is -2.09. The van der Waals surface area contributed by atoms with Gasteiger partial charge in [-0.25, -0.2) is 13.1 Å². The van der Waals surface area contributed by atoms with E-state index in [1.807, 2.05) is 20.0 Å². The molecule has 114 valence electrons. The van der Waals surface area contributed by atoms with Gasteiger partial charge in [-0.05, 0) is 25.1 Å². The molecule has 0 saturated heterocycles. The molecule has 0 aliphatic carbocycles. The normalized spacial score (nSPS) is 11.4. The Morgan fingerprint density at radius 2 is 2.10 bits per heavy atom. The number of hydrogen-bond donors (Lipinski definition) is 1. The molecule has 1 aromatic heterocycles. The molecule has 0 atom stereocenters. The third-order valence-corrected chi connectivity index (χ3v) is 4.32. The lowest BCUT2D eigenvalue weighted by molar-refractivity contribution is 0.370. The zero-order valence-electron chi connectivity index (χ0n) is 12.5. The quantitative estimate of drug-likeness (QED) is 0.911. The highest BCUT2D eigenvalue weighted by molar-refractivity contribution is 7.90. The molecule has 1 aromatic carbocycles. The molecule has 0 aliphatic rings. The molecular formula is C14H19N3O3S. The number of aromatic nitrogens is 2. The van der Waals surface area contributed by atoms with Gasteiger partial charge in [0.25, 0.3) is 0 Å². The molecule has 0 unspecified atom stereocenters. The molecule has 0 radical (unpaired) electrons. The van der Waals surface area contributed by atoms with Crippen LogP contribution in [-0.4, -0.2) is 31.6 Å². The van der Waals surface area contributed by atoms with E-state index in [0.29, 0.717) is 17.3 Å². The molecule has 21 heavy (non-hydrogen) atoms. The molecular weight excluding hydrogens is 290 g/mol. The smallest absolute Gasteiger partial charge is 0.216 e. The second-order valence-electron chi connectivity index (χ2n) is 4.85. The summed E-state index contributed by atoms with van der Waals surface area (Å²) in [7, 11) is 0.214. The molecule has 2 aromatic rings. The average Bonchev–Trinajstić information content (AvgIpc) is 2.69. The predicted octanol–water partition coefficient (Wildman–Crippen LogP) is 1.75. The van der Waals surface area contributed by atoms with Crippen molar-refractivity contribution >= 4 is 15.5 Å². The maximum absolute atomic E-state index is 11.6. The van der Waals surface area contributed by atoms with Crippen molar-refractivity contribution in [2.75, 3.05) is 18.7 Å². The van der Waals surface area contributed by atoms with Crippen molar-refractivity contribution in [3.63, 3.8) is 0 Å². The van der Waals surface area contributed by atoms with E-state index in [4.69, 9.17) is 4.74 Å². The van der Waals surface area contributed by atoms with Gasteiger partial charge >= 0.3 is 0 Å². The molecule has 0 bridgehead atoms. The van der Waals surface area contributed by atoms with Crippen LogP contribution in [0.15, 0.2) is 29.2 Å². The second kappa shape index (κ2) is 5.77. The van der Waals surface area contributed by atoms with E-state index >= 15 is 0 Å². The Kier molecular flexibility index (Phi) is 4.22. The van der Waals surface area contributed by atoms with Gasteiger partial charge in [0, 0.05) is 25.5 Å². The van der Waals surface area contributed by atoms with Gasteiger partial charge in [-0.2, -0.15) is 5.10 Å². The highest BCUT2D eigenvalue weighted by atomic mass is 32.2. The number of rotatable bonds is 5. The van der Waals surface area contributed by atoms with Crippen molar-refractivity contribution in [1.82, 2.24) is 9.78 Å². The van der Waals surface area contributed by atoms with Crippen LogP contribution in [0, 0.1) is 6.92 Å². The third-order valence-electron chi connectivity index (χ3n) is 3.21. The zero-order valence-corrected chi connectivity index (χ0v) is 13.4. The number of benzene rings is 1. The summed E-state index contributed by atoms with van der Waals surface area (Å²) in [5.41, 5.74) is 2.56. The monoisotopic (exact) mass is 309 g/mol. The fourth-order valence-corrected chi connectivity index (χ4v) is 2.83.